The van der Waals surface area contributed by atoms with E-state index in [1.165, 1.54) is 18.4 Å². The van der Waals surface area contributed by atoms with Crippen molar-refractivity contribution in [2.45, 2.75) is 38.3 Å². The van der Waals surface area contributed by atoms with Gasteiger partial charge in [0.2, 0.25) is 10.0 Å². The summed E-state index contributed by atoms with van der Waals surface area (Å²) in [7, 11) is -1.76. The zero-order chi connectivity index (χ0) is 13.9. The molecular formula is C12H20N2O3S2. The Morgan fingerprint density at radius 3 is 3.00 bits per heavy atom. The average Bonchev–Trinajstić information content (AvgIpc) is 2.92. The van der Waals surface area contributed by atoms with E-state index in [4.69, 9.17) is 4.74 Å². The van der Waals surface area contributed by atoms with E-state index >= 15 is 0 Å². The zero-order valence-corrected chi connectivity index (χ0v) is 12.9. The molecule has 7 heteroatoms. The van der Waals surface area contributed by atoms with Gasteiger partial charge in [-0.1, -0.05) is 6.42 Å². The van der Waals surface area contributed by atoms with E-state index in [0.29, 0.717) is 6.54 Å². The summed E-state index contributed by atoms with van der Waals surface area (Å²) in [6.45, 7) is 2.36. The molecule has 1 aromatic rings. The summed E-state index contributed by atoms with van der Waals surface area (Å²) in [5.74, 6) is 0.0331. The Balaban J connectivity index is 2.20. The van der Waals surface area contributed by atoms with Crippen molar-refractivity contribution in [2.75, 3.05) is 19.4 Å². The van der Waals surface area contributed by atoms with Gasteiger partial charge in [0.15, 0.2) is 0 Å². The van der Waals surface area contributed by atoms with Gasteiger partial charge in [-0.2, -0.15) is 4.31 Å². The number of ether oxygens (including phenoxy) is 1. The van der Waals surface area contributed by atoms with Crippen molar-refractivity contribution in [3.63, 3.8) is 0 Å². The minimum absolute atomic E-state index is 0.0331. The van der Waals surface area contributed by atoms with E-state index in [0.717, 1.165) is 24.3 Å². The number of nitrogens with zero attached hydrogens (tertiary/aromatic N) is 2. The van der Waals surface area contributed by atoms with Crippen LogP contribution in [0.25, 0.3) is 0 Å². The van der Waals surface area contributed by atoms with Crippen molar-refractivity contribution in [3.05, 3.63) is 16.6 Å². The molecule has 0 spiro atoms. The highest BCUT2D eigenvalue weighted by Gasteiger charge is 2.35. The van der Waals surface area contributed by atoms with Crippen molar-refractivity contribution in [2.24, 2.45) is 0 Å². The first kappa shape index (κ1) is 14.9. The third kappa shape index (κ3) is 3.53. The molecule has 108 valence electrons. The molecule has 1 fully saturated rings. The van der Waals surface area contributed by atoms with Gasteiger partial charge >= 0.3 is 0 Å². The zero-order valence-electron chi connectivity index (χ0n) is 11.3. The van der Waals surface area contributed by atoms with E-state index in [9.17, 15) is 8.42 Å². The van der Waals surface area contributed by atoms with Gasteiger partial charge in [-0.15, -0.1) is 11.3 Å². The van der Waals surface area contributed by atoms with Crippen LogP contribution in [-0.2, 0) is 14.8 Å². The molecule has 0 radical (unpaired) electrons. The van der Waals surface area contributed by atoms with Crippen molar-refractivity contribution in [1.82, 2.24) is 9.29 Å². The summed E-state index contributed by atoms with van der Waals surface area (Å²) in [4.78, 5) is 4.28. The molecule has 0 bridgehead atoms. The topological polar surface area (TPSA) is 59.5 Å². The first-order valence-corrected chi connectivity index (χ1v) is 8.95. The van der Waals surface area contributed by atoms with Crippen molar-refractivity contribution >= 4 is 21.4 Å². The maximum Gasteiger partial charge on any atom is 0.217 e. The lowest BCUT2D eigenvalue weighted by molar-refractivity contribution is 0.133. The van der Waals surface area contributed by atoms with Gasteiger partial charge < -0.3 is 4.74 Å². The summed E-state index contributed by atoms with van der Waals surface area (Å²) < 4.78 is 31.7. The van der Waals surface area contributed by atoms with Crippen LogP contribution in [0.3, 0.4) is 0 Å². The van der Waals surface area contributed by atoms with Gasteiger partial charge in [0.25, 0.3) is 0 Å². The molecule has 0 aromatic carbocycles. The van der Waals surface area contributed by atoms with Gasteiger partial charge in [-0.3, -0.25) is 0 Å². The quantitative estimate of drug-likeness (QED) is 0.835. The van der Waals surface area contributed by atoms with Crippen LogP contribution in [0.4, 0.5) is 0 Å². The molecule has 0 N–H and O–H groups in total. The largest absolute Gasteiger partial charge is 0.381 e. The smallest absolute Gasteiger partial charge is 0.217 e. The number of aromatic nitrogens is 1. The predicted octanol–water partition coefficient (Wildman–Crippen LogP) is 2.03. The minimum Gasteiger partial charge on any atom is -0.381 e. The molecule has 2 atom stereocenters. The highest BCUT2D eigenvalue weighted by atomic mass is 32.2. The number of piperidine rings is 1. The Morgan fingerprint density at radius 1 is 1.58 bits per heavy atom. The second-order valence-electron chi connectivity index (χ2n) is 4.82. The van der Waals surface area contributed by atoms with E-state index in [1.807, 2.05) is 5.38 Å². The molecule has 1 aliphatic heterocycles. The summed E-state index contributed by atoms with van der Waals surface area (Å²) in [6, 6.07) is -0.0946. The number of hydrogen-bond acceptors (Lipinski definition) is 5. The Bertz CT molecular complexity index is 487. The monoisotopic (exact) mass is 304 g/mol. The lowest BCUT2D eigenvalue weighted by Crippen LogP contribution is -2.41. The van der Waals surface area contributed by atoms with Gasteiger partial charge in [0, 0.05) is 25.2 Å². The number of hydrogen-bond donors (Lipinski definition) is 0. The van der Waals surface area contributed by atoms with Crippen LogP contribution in [0.15, 0.2) is 11.6 Å². The SMILES string of the molecule is COC(C)CS(=O)(=O)N1CCCCC1c1nccs1. The molecule has 1 aromatic heterocycles. The van der Waals surface area contributed by atoms with Crippen molar-refractivity contribution in [1.29, 1.82) is 0 Å². The van der Waals surface area contributed by atoms with Crippen molar-refractivity contribution in [3.8, 4) is 0 Å². The molecule has 0 amide bonds. The number of methoxy groups -OCH3 is 1. The Labute approximate surface area is 118 Å². The standard InChI is InChI=1S/C12H20N2O3S2/c1-10(17-2)9-19(15,16)14-7-4-3-5-11(14)12-13-6-8-18-12/h6,8,10-11H,3-5,7,9H2,1-2H3. The summed E-state index contributed by atoms with van der Waals surface area (Å²) >= 11 is 1.53. The fourth-order valence-corrected chi connectivity index (χ4v) is 5.12. The maximum absolute atomic E-state index is 12.5. The highest BCUT2D eigenvalue weighted by molar-refractivity contribution is 7.89. The van der Waals surface area contributed by atoms with Crippen molar-refractivity contribution < 1.29 is 13.2 Å². The molecule has 2 heterocycles. The third-order valence-corrected chi connectivity index (χ3v) is 6.31. The van der Waals surface area contributed by atoms with E-state index < -0.39 is 10.0 Å². The normalized spacial score (nSPS) is 23.4. The summed E-state index contributed by atoms with van der Waals surface area (Å²) in [5.41, 5.74) is 0. The fourth-order valence-electron chi connectivity index (χ4n) is 2.34. The lowest BCUT2D eigenvalue weighted by atomic mass is 10.1. The molecule has 5 nitrogen and oxygen atoms in total. The Kier molecular flexibility index (Phi) is 4.94. The van der Waals surface area contributed by atoms with Gasteiger partial charge in [-0.25, -0.2) is 13.4 Å². The van der Waals surface area contributed by atoms with Crippen LogP contribution in [0, 0.1) is 0 Å². The summed E-state index contributed by atoms with van der Waals surface area (Å²) in [5, 5.41) is 2.79. The molecule has 19 heavy (non-hydrogen) atoms. The average molecular weight is 304 g/mol. The molecule has 0 saturated carbocycles. The van der Waals surface area contributed by atoms with E-state index in [-0.39, 0.29) is 17.9 Å². The highest BCUT2D eigenvalue weighted by Crippen LogP contribution is 2.34. The molecule has 1 saturated heterocycles. The van der Waals surface area contributed by atoms with Crippen LogP contribution < -0.4 is 0 Å². The van der Waals surface area contributed by atoms with E-state index in [2.05, 4.69) is 4.98 Å². The molecule has 2 unspecified atom stereocenters. The Hall–Kier alpha value is -0.500. The Morgan fingerprint density at radius 2 is 2.37 bits per heavy atom. The van der Waals surface area contributed by atoms with Crippen LogP contribution in [0.5, 0.6) is 0 Å². The first-order chi connectivity index (χ1) is 9.04. The number of rotatable bonds is 5. The maximum atomic E-state index is 12.5. The molecule has 1 aliphatic rings. The molecule has 0 aliphatic carbocycles. The molecule has 2 rings (SSSR count). The van der Waals surface area contributed by atoms with Crippen LogP contribution in [0.2, 0.25) is 0 Å². The van der Waals surface area contributed by atoms with Gasteiger partial charge in [-0.05, 0) is 19.8 Å². The first-order valence-electron chi connectivity index (χ1n) is 6.46. The predicted molar refractivity (Wildman–Crippen MR) is 75.7 cm³/mol. The van der Waals surface area contributed by atoms with Crippen LogP contribution >= 0.6 is 11.3 Å². The van der Waals surface area contributed by atoms with E-state index in [1.54, 1.807) is 17.4 Å². The second kappa shape index (κ2) is 6.30. The lowest BCUT2D eigenvalue weighted by Gasteiger charge is -2.34. The van der Waals surface area contributed by atoms with Gasteiger partial charge in [0.1, 0.15) is 5.01 Å². The number of sulfonamides is 1. The minimum atomic E-state index is -3.29. The third-order valence-electron chi connectivity index (χ3n) is 3.40. The fraction of sp³-hybridized carbons (Fsp3) is 0.750. The second-order valence-corrected chi connectivity index (χ2v) is 7.71. The van der Waals surface area contributed by atoms with Crippen LogP contribution in [0.1, 0.15) is 37.2 Å². The summed E-state index contributed by atoms with van der Waals surface area (Å²) in [6.07, 6.45) is 4.27. The van der Waals surface area contributed by atoms with Crippen LogP contribution in [-0.4, -0.2) is 43.2 Å². The number of thiazole rings is 1. The molecular weight excluding hydrogens is 284 g/mol. The van der Waals surface area contributed by atoms with Gasteiger partial charge in [0.05, 0.1) is 17.9 Å².